The SMILES string of the molecule is COc1ncccc1C(=O)Nc1cc(C(=O)N(C)C)c(C(N)=O)cc1N1CCC(Oc2ccc(F)cc2F)CC1. The van der Waals surface area contributed by atoms with Gasteiger partial charge in [0, 0.05) is 52.3 Å². The highest BCUT2D eigenvalue weighted by Gasteiger charge is 2.28. The highest BCUT2D eigenvalue weighted by atomic mass is 19.1. The Bertz CT molecular complexity index is 1440. The van der Waals surface area contributed by atoms with E-state index in [4.69, 9.17) is 15.2 Å². The van der Waals surface area contributed by atoms with Crippen molar-refractivity contribution in [3.8, 4) is 11.6 Å². The number of carbonyl (C=O) groups excluding carboxylic acids is 3. The van der Waals surface area contributed by atoms with E-state index in [-0.39, 0.29) is 40.1 Å². The molecule has 12 heteroatoms. The number of hydrogen-bond acceptors (Lipinski definition) is 7. The average molecular weight is 554 g/mol. The van der Waals surface area contributed by atoms with E-state index in [1.54, 1.807) is 12.1 Å². The van der Waals surface area contributed by atoms with Gasteiger partial charge in [-0.1, -0.05) is 0 Å². The molecule has 210 valence electrons. The maximum Gasteiger partial charge on any atom is 0.261 e. The number of methoxy groups -OCH3 is 1. The lowest BCUT2D eigenvalue weighted by molar-refractivity contribution is 0.0820. The van der Waals surface area contributed by atoms with Gasteiger partial charge in [-0.05, 0) is 36.4 Å². The Balaban J connectivity index is 1.66. The Morgan fingerprint density at radius 1 is 1.05 bits per heavy atom. The van der Waals surface area contributed by atoms with Gasteiger partial charge < -0.3 is 30.3 Å². The normalized spacial score (nSPS) is 13.5. The molecule has 10 nitrogen and oxygen atoms in total. The van der Waals surface area contributed by atoms with E-state index in [0.717, 1.165) is 12.1 Å². The van der Waals surface area contributed by atoms with Gasteiger partial charge in [-0.2, -0.15) is 0 Å². The highest BCUT2D eigenvalue weighted by molar-refractivity contribution is 6.12. The molecule has 0 saturated carbocycles. The number of hydrogen-bond donors (Lipinski definition) is 2. The molecule has 3 aromatic rings. The van der Waals surface area contributed by atoms with Crippen LogP contribution in [0.2, 0.25) is 0 Å². The molecule has 0 unspecified atom stereocenters. The second kappa shape index (κ2) is 12.0. The van der Waals surface area contributed by atoms with Crippen LogP contribution in [0.4, 0.5) is 20.2 Å². The summed E-state index contributed by atoms with van der Waals surface area (Å²) in [7, 11) is 4.47. The zero-order chi connectivity index (χ0) is 29.0. The van der Waals surface area contributed by atoms with Crippen molar-refractivity contribution in [3.05, 3.63) is 77.0 Å². The third kappa shape index (κ3) is 6.11. The number of nitrogens with two attached hydrogens (primary N) is 1. The number of nitrogens with zero attached hydrogens (tertiary/aromatic N) is 3. The number of rotatable bonds is 8. The third-order valence-corrected chi connectivity index (χ3v) is 6.47. The molecule has 0 atom stereocenters. The predicted molar refractivity (Wildman–Crippen MR) is 144 cm³/mol. The zero-order valence-electron chi connectivity index (χ0n) is 22.2. The Hall–Kier alpha value is -4.74. The van der Waals surface area contributed by atoms with Crippen molar-refractivity contribution in [2.75, 3.05) is 44.5 Å². The first-order valence-corrected chi connectivity index (χ1v) is 12.5. The lowest BCUT2D eigenvalue weighted by Crippen LogP contribution is -2.39. The number of primary amides is 1. The Labute approximate surface area is 229 Å². The van der Waals surface area contributed by atoms with Crippen molar-refractivity contribution in [1.82, 2.24) is 9.88 Å². The van der Waals surface area contributed by atoms with Gasteiger partial charge >= 0.3 is 0 Å². The van der Waals surface area contributed by atoms with Gasteiger partial charge in [0.05, 0.1) is 29.6 Å². The third-order valence-electron chi connectivity index (χ3n) is 6.47. The number of anilines is 2. The lowest BCUT2D eigenvalue weighted by Gasteiger charge is -2.35. The highest BCUT2D eigenvalue weighted by Crippen LogP contribution is 2.34. The Kier molecular flexibility index (Phi) is 8.46. The largest absolute Gasteiger partial charge is 0.487 e. The van der Waals surface area contributed by atoms with Gasteiger partial charge in [-0.3, -0.25) is 14.4 Å². The number of ether oxygens (including phenoxy) is 2. The molecular formula is C28H29F2N5O5. The first kappa shape index (κ1) is 28.3. The molecule has 2 aromatic carbocycles. The molecule has 1 aliphatic rings. The van der Waals surface area contributed by atoms with Crippen LogP contribution in [-0.4, -0.2) is 68.0 Å². The Morgan fingerprint density at radius 3 is 2.40 bits per heavy atom. The van der Waals surface area contributed by atoms with Crippen molar-refractivity contribution in [3.63, 3.8) is 0 Å². The van der Waals surface area contributed by atoms with Crippen molar-refractivity contribution in [2.45, 2.75) is 18.9 Å². The van der Waals surface area contributed by atoms with Crippen LogP contribution in [0, 0.1) is 11.6 Å². The first-order chi connectivity index (χ1) is 19.1. The monoisotopic (exact) mass is 553 g/mol. The molecule has 4 rings (SSSR count). The van der Waals surface area contributed by atoms with Gasteiger partial charge in [-0.15, -0.1) is 0 Å². The number of carbonyl (C=O) groups is 3. The summed E-state index contributed by atoms with van der Waals surface area (Å²) in [6, 6.07) is 9.18. The lowest BCUT2D eigenvalue weighted by atomic mass is 10.00. The van der Waals surface area contributed by atoms with E-state index < -0.39 is 29.4 Å². The molecule has 0 bridgehead atoms. The number of piperidine rings is 1. The maximum absolute atomic E-state index is 14.1. The van der Waals surface area contributed by atoms with Crippen LogP contribution >= 0.6 is 0 Å². The van der Waals surface area contributed by atoms with E-state index in [1.807, 2.05) is 4.90 Å². The fraction of sp³-hybridized carbons (Fsp3) is 0.286. The van der Waals surface area contributed by atoms with Gasteiger partial charge in [0.2, 0.25) is 11.8 Å². The first-order valence-electron chi connectivity index (χ1n) is 12.5. The summed E-state index contributed by atoms with van der Waals surface area (Å²) in [4.78, 5) is 45.8. The summed E-state index contributed by atoms with van der Waals surface area (Å²) in [6.07, 6.45) is 2.07. The van der Waals surface area contributed by atoms with Crippen LogP contribution in [0.25, 0.3) is 0 Å². The van der Waals surface area contributed by atoms with Crippen molar-refractivity contribution >= 4 is 29.1 Å². The number of halogens is 2. The number of nitrogens with one attached hydrogen (secondary N) is 1. The van der Waals surface area contributed by atoms with Crippen molar-refractivity contribution in [2.24, 2.45) is 5.73 Å². The number of benzene rings is 2. The minimum Gasteiger partial charge on any atom is -0.487 e. The summed E-state index contributed by atoms with van der Waals surface area (Å²) < 4.78 is 38.3. The summed E-state index contributed by atoms with van der Waals surface area (Å²) in [6.45, 7) is 0.817. The number of aromatic nitrogens is 1. The van der Waals surface area contributed by atoms with Gasteiger partial charge in [0.1, 0.15) is 17.5 Å². The summed E-state index contributed by atoms with van der Waals surface area (Å²) in [5, 5.41) is 2.82. The minimum atomic E-state index is -0.803. The molecule has 1 saturated heterocycles. The smallest absolute Gasteiger partial charge is 0.261 e. The molecule has 1 fully saturated rings. The molecule has 0 spiro atoms. The summed E-state index contributed by atoms with van der Waals surface area (Å²) >= 11 is 0. The van der Waals surface area contributed by atoms with Crippen LogP contribution in [0.15, 0.2) is 48.7 Å². The van der Waals surface area contributed by atoms with Gasteiger partial charge in [0.25, 0.3) is 11.8 Å². The van der Waals surface area contributed by atoms with E-state index in [1.165, 1.54) is 50.5 Å². The number of pyridine rings is 1. The topological polar surface area (TPSA) is 127 Å². The molecule has 2 heterocycles. The molecule has 0 aliphatic carbocycles. The maximum atomic E-state index is 14.1. The Morgan fingerprint density at radius 2 is 1.77 bits per heavy atom. The second-order valence-electron chi connectivity index (χ2n) is 9.37. The molecule has 0 radical (unpaired) electrons. The molecule has 40 heavy (non-hydrogen) atoms. The van der Waals surface area contributed by atoms with E-state index in [2.05, 4.69) is 10.3 Å². The van der Waals surface area contributed by atoms with Gasteiger partial charge in [-0.25, -0.2) is 13.8 Å². The minimum absolute atomic E-state index is 0.00239. The quantitative estimate of drug-likeness (QED) is 0.437. The second-order valence-corrected chi connectivity index (χ2v) is 9.37. The standard InChI is InChI=1S/C28H29F2N5O5/c1-34(2)28(38)20-14-22(33-26(37)18-5-4-10-32-27(18)39-3)23(15-19(20)25(31)36)35-11-8-17(9-12-35)40-24-7-6-16(29)13-21(24)30/h4-7,10,13-15,17H,8-9,11-12H2,1-3H3,(H2,31,36)(H,33,37). The molecular weight excluding hydrogens is 524 g/mol. The fourth-order valence-corrected chi connectivity index (χ4v) is 4.45. The van der Waals surface area contributed by atoms with Crippen molar-refractivity contribution in [1.29, 1.82) is 0 Å². The van der Waals surface area contributed by atoms with E-state index >= 15 is 0 Å². The molecule has 1 aromatic heterocycles. The van der Waals surface area contributed by atoms with Crippen molar-refractivity contribution < 1.29 is 32.6 Å². The van der Waals surface area contributed by atoms with Crippen LogP contribution in [-0.2, 0) is 0 Å². The summed E-state index contributed by atoms with van der Waals surface area (Å²) in [5.41, 5.74) is 6.57. The van der Waals surface area contributed by atoms with E-state index in [0.29, 0.717) is 31.6 Å². The van der Waals surface area contributed by atoms with Crippen LogP contribution < -0.4 is 25.4 Å². The zero-order valence-corrected chi connectivity index (χ0v) is 22.2. The molecule has 1 aliphatic heterocycles. The van der Waals surface area contributed by atoms with Crippen LogP contribution in [0.1, 0.15) is 43.9 Å². The number of amides is 3. The predicted octanol–water partition coefficient (Wildman–Crippen LogP) is 3.47. The molecule has 3 N–H and O–H groups in total. The van der Waals surface area contributed by atoms with Crippen LogP contribution in [0.3, 0.4) is 0 Å². The van der Waals surface area contributed by atoms with Gasteiger partial charge in [0.15, 0.2) is 11.6 Å². The van der Waals surface area contributed by atoms with Crippen LogP contribution in [0.5, 0.6) is 11.6 Å². The fourth-order valence-electron chi connectivity index (χ4n) is 4.45. The summed E-state index contributed by atoms with van der Waals surface area (Å²) in [5.74, 6) is -3.21. The average Bonchev–Trinajstić information content (AvgIpc) is 2.94. The molecule has 3 amide bonds. The van der Waals surface area contributed by atoms with E-state index in [9.17, 15) is 23.2 Å².